The molecule has 5 heteroatoms. The topological polar surface area (TPSA) is 61.4 Å². The van der Waals surface area contributed by atoms with Gasteiger partial charge < -0.3 is 15.5 Å². The fourth-order valence-corrected chi connectivity index (χ4v) is 3.16. The van der Waals surface area contributed by atoms with Crippen LogP contribution in [0.15, 0.2) is 0 Å². The van der Waals surface area contributed by atoms with Gasteiger partial charge in [0, 0.05) is 19.6 Å². The van der Waals surface area contributed by atoms with Crippen LogP contribution in [0.1, 0.15) is 51.4 Å². The summed E-state index contributed by atoms with van der Waals surface area (Å²) in [7, 11) is 0. The minimum absolute atomic E-state index is 0.0376. The third-order valence-corrected chi connectivity index (χ3v) is 4.42. The predicted octanol–water partition coefficient (Wildman–Crippen LogP) is 1.88. The fourth-order valence-electron chi connectivity index (χ4n) is 3.16. The highest BCUT2D eigenvalue weighted by Crippen LogP contribution is 2.26. The summed E-state index contributed by atoms with van der Waals surface area (Å²) in [5.41, 5.74) is 0. The number of piperidine rings is 1. The van der Waals surface area contributed by atoms with Crippen LogP contribution in [0.3, 0.4) is 0 Å². The predicted molar refractivity (Wildman–Crippen MR) is 78.4 cm³/mol. The lowest BCUT2D eigenvalue weighted by Crippen LogP contribution is -2.45. The molecule has 2 fully saturated rings. The number of nitrogens with zero attached hydrogens (tertiary/aromatic N) is 1. The molecule has 1 aliphatic heterocycles. The van der Waals surface area contributed by atoms with E-state index >= 15 is 0 Å². The van der Waals surface area contributed by atoms with E-state index in [0.29, 0.717) is 6.54 Å². The van der Waals surface area contributed by atoms with E-state index in [1.807, 2.05) is 4.90 Å². The van der Waals surface area contributed by atoms with Gasteiger partial charge in [-0.05, 0) is 31.6 Å². The van der Waals surface area contributed by atoms with Gasteiger partial charge >= 0.3 is 6.03 Å². The molecule has 5 nitrogen and oxygen atoms in total. The van der Waals surface area contributed by atoms with E-state index in [0.717, 1.165) is 38.3 Å². The Bertz CT molecular complexity index is 321. The standard InChI is InChI=1S/C15H27N3O2/c19-14(18-10-4-1-5-11-18)12-17-15(20)16-9-8-13-6-2-3-7-13/h13H,1-12H2,(H2,16,17,20). The van der Waals surface area contributed by atoms with Gasteiger partial charge in [0.25, 0.3) is 0 Å². The molecule has 0 aromatic heterocycles. The highest BCUT2D eigenvalue weighted by Gasteiger charge is 2.17. The Morgan fingerprint density at radius 2 is 1.65 bits per heavy atom. The Hall–Kier alpha value is -1.26. The van der Waals surface area contributed by atoms with Crippen molar-refractivity contribution in [2.45, 2.75) is 51.4 Å². The number of hydrogen-bond donors (Lipinski definition) is 2. The van der Waals surface area contributed by atoms with E-state index in [-0.39, 0.29) is 18.5 Å². The maximum absolute atomic E-state index is 11.9. The normalized spacial score (nSPS) is 19.9. The SMILES string of the molecule is O=C(NCCC1CCCC1)NCC(=O)N1CCCCC1. The van der Waals surface area contributed by atoms with Crippen LogP contribution in [0.2, 0.25) is 0 Å². The second kappa shape index (κ2) is 8.12. The number of nitrogens with one attached hydrogen (secondary N) is 2. The molecule has 2 aliphatic rings. The number of hydrogen-bond acceptors (Lipinski definition) is 2. The van der Waals surface area contributed by atoms with Crippen LogP contribution in [0, 0.1) is 5.92 Å². The molecule has 3 amide bonds. The highest BCUT2D eigenvalue weighted by molar-refractivity contribution is 5.84. The van der Waals surface area contributed by atoms with E-state index in [1.165, 1.54) is 32.1 Å². The molecule has 20 heavy (non-hydrogen) atoms. The van der Waals surface area contributed by atoms with Crippen LogP contribution in [0.25, 0.3) is 0 Å². The number of amides is 3. The summed E-state index contributed by atoms with van der Waals surface area (Å²) >= 11 is 0. The Kier molecular flexibility index (Phi) is 6.15. The van der Waals surface area contributed by atoms with Crippen LogP contribution in [0.5, 0.6) is 0 Å². The summed E-state index contributed by atoms with van der Waals surface area (Å²) in [6.07, 6.45) is 9.71. The fraction of sp³-hybridized carbons (Fsp3) is 0.867. The van der Waals surface area contributed by atoms with Crippen molar-refractivity contribution < 1.29 is 9.59 Å². The molecule has 2 N–H and O–H groups in total. The molecule has 0 aromatic carbocycles. The zero-order chi connectivity index (χ0) is 14.2. The van der Waals surface area contributed by atoms with Crippen molar-refractivity contribution in [3.63, 3.8) is 0 Å². The minimum Gasteiger partial charge on any atom is -0.341 e. The maximum atomic E-state index is 11.9. The first kappa shape index (κ1) is 15.1. The molecule has 1 saturated heterocycles. The van der Waals surface area contributed by atoms with Gasteiger partial charge in [-0.2, -0.15) is 0 Å². The van der Waals surface area contributed by atoms with Crippen molar-refractivity contribution in [1.82, 2.24) is 15.5 Å². The van der Waals surface area contributed by atoms with Gasteiger partial charge in [-0.25, -0.2) is 4.79 Å². The van der Waals surface area contributed by atoms with Crippen molar-refractivity contribution >= 4 is 11.9 Å². The number of carbonyl (C=O) groups excluding carboxylic acids is 2. The Labute approximate surface area is 121 Å². The van der Waals surface area contributed by atoms with Crippen molar-refractivity contribution in [3.05, 3.63) is 0 Å². The molecule has 1 saturated carbocycles. The van der Waals surface area contributed by atoms with Crippen LogP contribution >= 0.6 is 0 Å². The summed E-state index contributed by atoms with van der Waals surface area (Å²) in [5.74, 6) is 0.820. The number of rotatable bonds is 5. The Balaban J connectivity index is 1.53. The largest absolute Gasteiger partial charge is 0.341 e. The van der Waals surface area contributed by atoms with Gasteiger partial charge in [-0.3, -0.25) is 4.79 Å². The molecule has 2 rings (SSSR count). The summed E-state index contributed by atoms with van der Waals surface area (Å²) in [5, 5.41) is 5.51. The minimum atomic E-state index is -0.214. The molecule has 0 radical (unpaired) electrons. The smallest absolute Gasteiger partial charge is 0.315 e. The number of urea groups is 1. The molecule has 0 aromatic rings. The van der Waals surface area contributed by atoms with Gasteiger partial charge in [0.15, 0.2) is 0 Å². The molecule has 1 aliphatic carbocycles. The quantitative estimate of drug-likeness (QED) is 0.808. The first-order chi connectivity index (χ1) is 9.75. The van der Waals surface area contributed by atoms with Crippen LogP contribution in [-0.2, 0) is 4.79 Å². The summed E-state index contributed by atoms with van der Waals surface area (Å²) in [6, 6.07) is -0.214. The van der Waals surface area contributed by atoms with Crippen LogP contribution < -0.4 is 10.6 Å². The Morgan fingerprint density at radius 1 is 0.950 bits per heavy atom. The van der Waals surface area contributed by atoms with Gasteiger partial charge in [-0.15, -0.1) is 0 Å². The maximum Gasteiger partial charge on any atom is 0.315 e. The van der Waals surface area contributed by atoms with Gasteiger partial charge in [-0.1, -0.05) is 25.7 Å². The average molecular weight is 281 g/mol. The van der Waals surface area contributed by atoms with Crippen molar-refractivity contribution in [2.75, 3.05) is 26.2 Å². The zero-order valence-corrected chi connectivity index (χ0v) is 12.3. The van der Waals surface area contributed by atoms with E-state index in [2.05, 4.69) is 10.6 Å². The van der Waals surface area contributed by atoms with E-state index in [9.17, 15) is 9.59 Å². The van der Waals surface area contributed by atoms with E-state index in [1.54, 1.807) is 0 Å². The second-order valence-electron chi connectivity index (χ2n) is 5.99. The molecular weight excluding hydrogens is 254 g/mol. The summed E-state index contributed by atoms with van der Waals surface area (Å²) < 4.78 is 0. The molecule has 0 atom stereocenters. The first-order valence-corrected chi connectivity index (χ1v) is 8.05. The third kappa shape index (κ3) is 5.02. The number of carbonyl (C=O) groups is 2. The van der Waals surface area contributed by atoms with Crippen molar-refractivity contribution in [1.29, 1.82) is 0 Å². The first-order valence-electron chi connectivity index (χ1n) is 8.05. The van der Waals surface area contributed by atoms with Gasteiger partial charge in [0.1, 0.15) is 0 Å². The number of likely N-dealkylation sites (tertiary alicyclic amines) is 1. The van der Waals surface area contributed by atoms with Gasteiger partial charge in [0.2, 0.25) is 5.91 Å². The molecule has 0 spiro atoms. The molecule has 1 heterocycles. The van der Waals surface area contributed by atoms with Crippen LogP contribution in [0.4, 0.5) is 4.79 Å². The highest BCUT2D eigenvalue weighted by atomic mass is 16.2. The van der Waals surface area contributed by atoms with E-state index in [4.69, 9.17) is 0 Å². The molecule has 0 bridgehead atoms. The van der Waals surface area contributed by atoms with Crippen molar-refractivity contribution in [2.24, 2.45) is 5.92 Å². The lowest BCUT2D eigenvalue weighted by atomic mass is 10.0. The van der Waals surface area contributed by atoms with Crippen LogP contribution in [-0.4, -0.2) is 43.0 Å². The molecule has 0 unspecified atom stereocenters. The zero-order valence-electron chi connectivity index (χ0n) is 12.3. The summed E-state index contributed by atoms with van der Waals surface area (Å²) in [4.78, 5) is 25.3. The average Bonchev–Trinajstić information content (AvgIpc) is 2.99. The summed E-state index contributed by atoms with van der Waals surface area (Å²) in [6.45, 7) is 2.51. The van der Waals surface area contributed by atoms with E-state index < -0.39 is 0 Å². The van der Waals surface area contributed by atoms with Gasteiger partial charge in [0.05, 0.1) is 6.54 Å². The second-order valence-corrected chi connectivity index (χ2v) is 5.99. The molecular formula is C15H27N3O2. The third-order valence-electron chi connectivity index (χ3n) is 4.42. The lowest BCUT2D eigenvalue weighted by molar-refractivity contribution is -0.130. The van der Waals surface area contributed by atoms with Crippen molar-refractivity contribution in [3.8, 4) is 0 Å². The lowest BCUT2D eigenvalue weighted by Gasteiger charge is -2.26. The monoisotopic (exact) mass is 281 g/mol. The molecule has 114 valence electrons. The Morgan fingerprint density at radius 3 is 2.35 bits per heavy atom.